The van der Waals surface area contributed by atoms with Crippen molar-refractivity contribution in [3.05, 3.63) is 63.2 Å². The van der Waals surface area contributed by atoms with Gasteiger partial charge in [-0.05, 0) is 32.0 Å². The van der Waals surface area contributed by atoms with Crippen LogP contribution in [0.5, 0.6) is 0 Å². The van der Waals surface area contributed by atoms with Crippen molar-refractivity contribution in [2.75, 3.05) is 11.5 Å². The van der Waals surface area contributed by atoms with E-state index in [1.165, 1.54) is 19.1 Å². The molecule has 1 aliphatic heterocycles. The lowest BCUT2D eigenvalue weighted by Crippen LogP contribution is -2.33. The van der Waals surface area contributed by atoms with E-state index < -0.39 is 23.4 Å². The molecular formula is C17H13NO6. The highest BCUT2D eigenvalue weighted by Gasteiger charge is 2.38. The molecule has 0 atom stereocenters. The summed E-state index contributed by atoms with van der Waals surface area (Å²) >= 11 is 0. The number of benzene rings is 1. The number of aryl methyl sites for hydroxylation is 1. The maximum atomic E-state index is 12.5. The Labute approximate surface area is 136 Å². The van der Waals surface area contributed by atoms with Crippen molar-refractivity contribution >= 4 is 23.5 Å². The standard InChI is InChI=1S/C17H13NO6/c1-3-23-16(21)12-8-13(17(22)24-9(12)2)18-14(19)10-6-4-5-7-11(10)15(18)20/h4-8H,3H2,1-2H3. The average molecular weight is 327 g/mol. The Hall–Kier alpha value is -3.22. The molecular weight excluding hydrogens is 314 g/mol. The predicted molar refractivity (Wildman–Crippen MR) is 83.3 cm³/mol. The number of amides is 2. The molecule has 0 radical (unpaired) electrons. The largest absolute Gasteiger partial charge is 0.462 e. The van der Waals surface area contributed by atoms with Crippen molar-refractivity contribution in [1.29, 1.82) is 0 Å². The molecule has 7 nitrogen and oxygen atoms in total. The summed E-state index contributed by atoms with van der Waals surface area (Å²) in [6.45, 7) is 3.21. The molecule has 1 aliphatic rings. The monoisotopic (exact) mass is 327 g/mol. The number of nitrogens with zero attached hydrogens (tertiary/aromatic N) is 1. The fraction of sp³-hybridized carbons (Fsp3) is 0.176. The van der Waals surface area contributed by atoms with Crippen molar-refractivity contribution in [3.8, 4) is 0 Å². The molecule has 0 bridgehead atoms. The van der Waals surface area contributed by atoms with Crippen LogP contribution in [0, 0.1) is 6.92 Å². The molecule has 1 aromatic heterocycles. The second-order valence-electron chi connectivity index (χ2n) is 5.10. The van der Waals surface area contributed by atoms with E-state index in [0.29, 0.717) is 0 Å². The van der Waals surface area contributed by atoms with E-state index in [4.69, 9.17) is 9.15 Å². The van der Waals surface area contributed by atoms with Crippen LogP contribution in [0.3, 0.4) is 0 Å². The third-order valence-corrected chi connectivity index (χ3v) is 3.65. The highest BCUT2D eigenvalue weighted by Crippen LogP contribution is 2.27. The number of hydrogen-bond donors (Lipinski definition) is 0. The van der Waals surface area contributed by atoms with Crippen molar-refractivity contribution in [2.24, 2.45) is 0 Å². The zero-order valence-corrected chi connectivity index (χ0v) is 13.0. The van der Waals surface area contributed by atoms with E-state index in [9.17, 15) is 19.2 Å². The first-order valence-corrected chi connectivity index (χ1v) is 7.25. The Bertz CT molecular complexity index is 892. The third-order valence-electron chi connectivity index (χ3n) is 3.65. The van der Waals surface area contributed by atoms with Crippen LogP contribution in [-0.4, -0.2) is 24.4 Å². The summed E-state index contributed by atoms with van der Waals surface area (Å²) in [6, 6.07) is 7.39. The molecule has 0 N–H and O–H groups in total. The molecule has 0 aliphatic carbocycles. The number of hydrogen-bond acceptors (Lipinski definition) is 6. The van der Waals surface area contributed by atoms with Crippen LogP contribution in [0.1, 0.15) is 43.8 Å². The van der Waals surface area contributed by atoms with Gasteiger partial charge in [-0.2, -0.15) is 0 Å². The lowest BCUT2D eigenvalue weighted by molar-refractivity contribution is 0.0521. The first-order valence-electron chi connectivity index (χ1n) is 7.25. The van der Waals surface area contributed by atoms with Crippen LogP contribution < -0.4 is 10.5 Å². The second kappa shape index (κ2) is 5.77. The van der Waals surface area contributed by atoms with Crippen molar-refractivity contribution in [3.63, 3.8) is 0 Å². The number of imide groups is 1. The smallest absolute Gasteiger partial charge is 0.360 e. The molecule has 0 saturated carbocycles. The molecule has 2 amide bonds. The van der Waals surface area contributed by atoms with Gasteiger partial charge < -0.3 is 9.15 Å². The van der Waals surface area contributed by atoms with Crippen LogP contribution in [0.2, 0.25) is 0 Å². The molecule has 122 valence electrons. The Morgan fingerprint density at radius 3 is 2.25 bits per heavy atom. The molecule has 2 aromatic rings. The highest BCUT2D eigenvalue weighted by atomic mass is 16.5. The fourth-order valence-electron chi connectivity index (χ4n) is 2.52. The highest BCUT2D eigenvalue weighted by molar-refractivity contribution is 6.34. The van der Waals surface area contributed by atoms with Gasteiger partial charge >= 0.3 is 11.6 Å². The molecule has 0 saturated heterocycles. The van der Waals surface area contributed by atoms with Gasteiger partial charge in [0.15, 0.2) is 0 Å². The van der Waals surface area contributed by atoms with Crippen LogP contribution in [0.15, 0.2) is 39.5 Å². The summed E-state index contributed by atoms with van der Waals surface area (Å²) in [7, 11) is 0. The molecule has 0 fully saturated rings. The second-order valence-corrected chi connectivity index (χ2v) is 5.10. The van der Waals surface area contributed by atoms with Gasteiger partial charge in [0.1, 0.15) is 17.0 Å². The minimum atomic E-state index is -0.880. The Balaban J connectivity index is 2.13. The van der Waals surface area contributed by atoms with Gasteiger partial charge in [0.25, 0.3) is 11.8 Å². The average Bonchev–Trinajstić information content (AvgIpc) is 2.80. The number of fused-ring (bicyclic) bond motifs is 1. The normalized spacial score (nSPS) is 13.2. The Morgan fingerprint density at radius 1 is 1.12 bits per heavy atom. The molecule has 24 heavy (non-hydrogen) atoms. The number of carbonyl (C=O) groups excluding carboxylic acids is 3. The van der Waals surface area contributed by atoms with Crippen LogP contribution in [0.25, 0.3) is 0 Å². The lowest BCUT2D eigenvalue weighted by Gasteiger charge is -2.14. The fourth-order valence-corrected chi connectivity index (χ4v) is 2.52. The first-order chi connectivity index (χ1) is 11.5. The van der Waals surface area contributed by atoms with Crippen LogP contribution >= 0.6 is 0 Å². The molecule has 0 unspecified atom stereocenters. The summed E-state index contributed by atoms with van der Waals surface area (Å²) < 4.78 is 9.90. The van der Waals surface area contributed by atoms with Gasteiger partial charge in [0, 0.05) is 0 Å². The van der Waals surface area contributed by atoms with Gasteiger partial charge in [0.05, 0.1) is 17.7 Å². The predicted octanol–water partition coefficient (Wildman–Crippen LogP) is 1.93. The summed E-state index contributed by atoms with van der Waals surface area (Å²) in [4.78, 5) is 49.7. The van der Waals surface area contributed by atoms with E-state index in [-0.39, 0.29) is 34.7 Å². The quantitative estimate of drug-likeness (QED) is 0.631. The van der Waals surface area contributed by atoms with E-state index in [1.54, 1.807) is 19.1 Å². The van der Waals surface area contributed by atoms with Crippen molar-refractivity contribution in [2.45, 2.75) is 13.8 Å². The SMILES string of the molecule is CCOC(=O)c1cc(N2C(=O)c3ccccc3C2=O)c(=O)oc1C. The Morgan fingerprint density at radius 2 is 1.71 bits per heavy atom. The lowest BCUT2D eigenvalue weighted by atomic mass is 10.1. The van der Waals surface area contributed by atoms with E-state index in [2.05, 4.69) is 0 Å². The zero-order chi connectivity index (χ0) is 17.4. The van der Waals surface area contributed by atoms with Crippen LogP contribution in [0.4, 0.5) is 5.69 Å². The maximum absolute atomic E-state index is 12.5. The third kappa shape index (κ3) is 2.30. The maximum Gasteiger partial charge on any atom is 0.360 e. The van der Waals surface area contributed by atoms with Crippen molar-refractivity contribution < 1.29 is 23.5 Å². The minimum absolute atomic E-state index is 0.0111. The minimum Gasteiger partial charge on any atom is -0.462 e. The summed E-state index contributed by atoms with van der Waals surface area (Å²) in [5.74, 6) is -1.92. The van der Waals surface area contributed by atoms with Gasteiger partial charge in [-0.15, -0.1) is 0 Å². The summed E-state index contributed by atoms with van der Waals surface area (Å²) in [5.41, 5.74) is -0.812. The first kappa shape index (κ1) is 15.7. The van der Waals surface area contributed by atoms with Gasteiger partial charge in [-0.3, -0.25) is 9.59 Å². The molecule has 3 rings (SSSR count). The van der Waals surface area contributed by atoms with Crippen molar-refractivity contribution in [1.82, 2.24) is 0 Å². The number of ether oxygens (including phenoxy) is 1. The van der Waals surface area contributed by atoms with Gasteiger partial charge in [0.2, 0.25) is 0 Å². The summed E-state index contributed by atoms with van der Waals surface area (Å²) in [5, 5.41) is 0. The number of anilines is 1. The number of esters is 1. The van der Waals surface area contributed by atoms with Crippen LogP contribution in [-0.2, 0) is 4.74 Å². The van der Waals surface area contributed by atoms with Gasteiger partial charge in [-0.1, -0.05) is 12.1 Å². The topological polar surface area (TPSA) is 93.9 Å². The van der Waals surface area contributed by atoms with E-state index >= 15 is 0 Å². The number of carbonyl (C=O) groups is 3. The molecule has 0 spiro atoms. The molecule has 7 heteroatoms. The zero-order valence-electron chi connectivity index (χ0n) is 13.0. The van der Waals surface area contributed by atoms with Gasteiger partial charge in [-0.25, -0.2) is 14.5 Å². The number of rotatable bonds is 3. The van der Waals surface area contributed by atoms with E-state index in [0.717, 1.165) is 11.0 Å². The van der Waals surface area contributed by atoms with E-state index in [1.807, 2.05) is 0 Å². The molecule has 1 aromatic carbocycles. The summed E-state index contributed by atoms with van der Waals surface area (Å²) in [6.07, 6.45) is 0. The molecule has 2 heterocycles. The Kier molecular flexibility index (Phi) is 3.76.